The van der Waals surface area contributed by atoms with Crippen LogP contribution < -0.4 is 10.6 Å². The van der Waals surface area contributed by atoms with Crippen LogP contribution in [0.25, 0.3) is 0 Å². The number of esters is 1. The first kappa shape index (κ1) is 18.9. The van der Waals surface area contributed by atoms with E-state index >= 15 is 0 Å². The van der Waals surface area contributed by atoms with E-state index in [2.05, 4.69) is 25.3 Å². The number of carbonyl (C=O) groups excluding carboxylic acids is 2. The largest absolute Gasteiger partial charge is 0.465 e. The van der Waals surface area contributed by atoms with Crippen LogP contribution in [0.15, 0.2) is 54.9 Å². The number of rotatable bonds is 5. The zero-order chi connectivity index (χ0) is 20.1. The van der Waals surface area contributed by atoms with Gasteiger partial charge in [-0.1, -0.05) is 6.07 Å². The number of carbonyl (C=O) groups is 2. The van der Waals surface area contributed by atoms with Gasteiger partial charge in [0.15, 0.2) is 0 Å². The molecule has 0 spiro atoms. The quantitative estimate of drug-likeness (QED) is 0.654. The first-order chi connectivity index (χ1) is 13.5. The fourth-order valence-corrected chi connectivity index (χ4v) is 2.25. The number of nitrogens with one attached hydrogen (secondary N) is 2. The summed E-state index contributed by atoms with van der Waals surface area (Å²) >= 11 is 0. The normalized spacial score (nSPS) is 10.2. The van der Waals surface area contributed by atoms with Gasteiger partial charge in [-0.3, -0.25) is 4.79 Å². The van der Waals surface area contributed by atoms with Gasteiger partial charge in [0.25, 0.3) is 5.91 Å². The summed E-state index contributed by atoms with van der Waals surface area (Å²) in [7, 11) is 1.29. The summed E-state index contributed by atoms with van der Waals surface area (Å²) in [5.41, 5.74) is 0.481. The van der Waals surface area contributed by atoms with E-state index in [-0.39, 0.29) is 11.5 Å². The van der Waals surface area contributed by atoms with Crippen molar-refractivity contribution in [3.8, 4) is 0 Å². The minimum atomic E-state index is -0.886. The van der Waals surface area contributed by atoms with Gasteiger partial charge in [0.1, 0.15) is 17.3 Å². The maximum Gasteiger partial charge on any atom is 0.337 e. The molecule has 2 N–H and O–H groups in total. The van der Waals surface area contributed by atoms with E-state index in [4.69, 9.17) is 0 Å². The Labute approximate surface area is 158 Å². The average Bonchev–Trinajstić information content (AvgIpc) is 2.71. The number of benzene rings is 2. The summed E-state index contributed by atoms with van der Waals surface area (Å²) in [5, 5.41) is 5.05. The second-order valence-corrected chi connectivity index (χ2v) is 5.54. The third-order valence-electron chi connectivity index (χ3n) is 3.68. The number of methoxy groups -OCH3 is 1. The van der Waals surface area contributed by atoms with Gasteiger partial charge in [-0.15, -0.1) is 0 Å². The molecule has 0 aliphatic carbocycles. The molecule has 3 rings (SSSR count). The third-order valence-corrected chi connectivity index (χ3v) is 3.68. The highest BCUT2D eigenvalue weighted by Crippen LogP contribution is 2.19. The Morgan fingerprint density at radius 2 is 1.54 bits per heavy atom. The summed E-state index contributed by atoms with van der Waals surface area (Å²) in [6.07, 6.45) is 2.43. The molecule has 0 unspecified atom stereocenters. The van der Waals surface area contributed by atoms with Gasteiger partial charge in [-0.05, 0) is 36.4 Å². The predicted molar refractivity (Wildman–Crippen MR) is 97.4 cm³/mol. The summed E-state index contributed by atoms with van der Waals surface area (Å²) < 4.78 is 31.8. The Bertz CT molecular complexity index is 988. The molecule has 0 atom stereocenters. The lowest BCUT2D eigenvalue weighted by Crippen LogP contribution is -2.15. The van der Waals surface area contributed by atoms with Gasteiger partial charge in [-0.25, -0.2) is 23.5 Å². The van der Waals surface area contributed by atoms with Crippen LogP contribution in [0.2, 0.25) is 0 Å². The van der Waals surface area contributed by atoms with E-state index in [1.165, 1.54) is 25.6 Å². The van der Waals surface area contributed by atoms with Crippen molar-refractivity contribution in [3.63, 3.8) is 0 Å². The summed E-state index contributed by atoms with van der Waals surface area (Å²) in [6.45, 7) is 0. The van der Waals surface area contributed by atoms with E-state index in [1.54, 1.807) is 24.3 Å². The number of ether oxygens (including phenoxy) is 1. The Morgan fingerprint density at radius 1 is 0.929 bits per heavy atom. The van der Waals surface area contributed by atoms with E-state index < -0.39 is 29.2 Å². The van der Waals surface area contributed by atoms with Crippen LogP contribution >= 0.6 is 0 Å². The molecule has 3 aromatic rings. The SMILES string of the molecule is COC(=O)c1ccc(Nc2ncc(C(=O)Nc3c(F)cccc3F)cn2)cc1. The van der Waals surface area contributed by atoms with Crippen molar-refractivity contribution in [1.82, 2.24) is 9.97 Å². The molecule has 0 saturated heterocycles. The van der Waals surface area contributed by atoms with Crippen LogP contribution in [0.4, 0.5) is 26.1 Å². The van der Waals surface area contributed by atoms with Gasteiger partial charge >= 0.3 is 5.97 Å². The lowest BCUT2D eigenvalue weighted by Gasteiger charge is -2.08. The minimum Gasteiger partial charge on any atom is -0.465 e. The molecule has 1 amide bonds. The predicted octanol–water partition coefficient (Wildman–Crippen LogP) is 3.54. The van der Waals surface area contributed by atoms with E-state index in [0.29, 0.717) is 11.3 Å². The molecule has 142 valence electrons. The number of hydrogen-bond donors (Lipinski definition) is 2. The number of hydrogen-bond acceptors (Lipinski definition) is 6. The average molecular weight is 384 g/mol. The summed E-state index contributed by atoms with van der Waals surface area (Å²) in [5.74, 6) is -2.78. The van der Waals surface area contributed by atoms with Crippen LogP contribution in [0.1, 0.15) is 20.7 Å². The molecule has 28 heavy (non-hydrogen) atoms. The maximum atomic E-state index is 13.6. The highest BCUT2D eigenvalue weighted by molar-refractivity contribution is 6.04. The van der Waals surface area contributed by atoms with Crippen LogP contribution in [-0.2, 0) is 4.74 Å². The highest BCUT2D eigenvalue weighted by Gasteiger charge is 2.14. The van der Waals surface area contributed by atoms with Crippen molar-refractivity contribution in [2.75, 3.05) is 17.7 Å². The van der Waals surface area contributed by atoms with Crippen LogP contribution in [0.3, 0.4) is 0 Å². The Hall–Kier alpha value is -3.88. The molecule has 0 fully saturated rings. The first-order valence-electron chi connectivity index (χ1n) is 8.00. The molecule has 7 nitrogen and oxygen atoms in total. The lowest BCUT2D eigenvalue weighted by atomic mass is 10.2. The molecule has 1 aromatic heterocycles. The van der Waals surface area contributed by atoms with Crippen molar-refractivity contribution < 1.29 is 23.1 Å². The molecule has 0 aliphatic heterocycles. The molecule has 0 aliphatic rings. The molecule has 1 heterocycles. The van der Waals surface area contributed by atoms with Crippen molar-refractivity contribution in [3.05, 3.63) is 77.6 Å². The Balaban J connectivity index is 1.68. The number of aromatic nitrogens is 2. The lowest BCUT2D eigenvalue weighted by molar-refractivity contribution is 0.0600. The van der Waals surface area contributed by atoms with Crippen molar-refractivity contribution in [1.29, 1.82) is 0 Å². The van der Waals surface area contributed by atoms with Gasteiger partial charge in [0.05, 0.1) is 18.2 Å². The molecular weight excluding hydrogens is 370 g/mol. The standard InChI is InChI=1S/C19H14F2N4O3/c1-28-18(27)11-5-7-13(8-6-11)24-19-22-9-12(10-23-19)17(26)25-16-14(20)3-2-4-15(16)21/h2-10H,1H3,(H,25,26)(H,22,23,24). The van der Waals surface area contributed by atoms with Crippen LogP contribution in [0, 0.1) is 11.6 Å². The Morgan fingerprint density at radius 3 is 2.11 bits per heavy atom. The molecule has 0 bridgehead atoms. The highest BCUT2D eigenvalue weighted by atomic mass is 19.1. The molecule has 0 radical (unpaired) electrons. The first-order valence-corrected chi connectivity index (χ1v) is 8.00. The molecular formula is C19H14F2N4O3. The van der Waals surface area contributed by atoms with Crippen LogP contribution in [-0.4, -0.2) is 29.0 Å². The zero-order valence-electron chi connectivity index (χ0n) is 14.6. The third kappa shape index (κ3) is 4.26. The van der Waals surface area contributed by atoms with Gasteiger partial charge in [0, 0.05) is 18.1 Å². The van der Waals surface area contributed by atoms with Crippen LogP contribution in [0.5, 0.6) is 0 Å². The summed E-state index contributed by atoms with van der Waals surface area (Å²) in [4.78, 5) is 31.5. The van der Waals surface area contributed by atoms with Crippen molar-refractivity contribution in [2.45, 2.75) is 0 Å². The maximum absolute atomic E-state index is 13.6. The molecule has 2 aromatic carbocycles. The smallest absolute Gasteiger partial charge is 0.337 e. The van der Waals surface area contributed by atoms with Crippen molar-refractivity contribution in [2.24, 2.45) is 0 Å². The van der Waals surface area contributed by atoms with Crippen molar-refractivity contribution >= 4 is 29.2 Å². The Kier molecular flexibility index (Phi) is 5.54. The number of para-hydroxylation sites is 1. The molecule has 0 saturated carbocycles. The fourth-order valence-electron chi connectivity index (χ4n) is 2.25. The number of anilines is 3. The zero-order valence-corrected chi connectivity index (χ0v) is 14.6. The topological polar surface area (TPSA) is 93.2 Å². The number of halogens is 2. The number of amides is 1. The second kappa shape index (κ2) is 8.21. The van der Waals surface area contributed by atoms with Gasteiger partial charge in [0.2, 0.25) is 5.95 Å². The summed E-state index contributed by atoms with van der Waals surface area (Å²) in [6, 6.07) is 9.68. The van der Waals surface area contributed by atoms with E-state index in [9.17, 15) is 18.4 Å². The monoisotopic (exact) mass is 384 g/mol. The molecule has 9 heteroatoms. The van der Waals surface area contributed by atoms with E-state index in [0.717, 1.165) is 12.1 Å². The fraction of sp³-hybridized carbons (Fsp3) is 0.0526. The van der Waals surface area contributed by atoms with E-state index in [1.807, 2.05) is 0 Å². The minimum absolute atomic E-state index is 0.0224. The number of nitrogens with zero attached hydrogens (tertiary/aromatic N) is 2. The van der Waals surface area contributed by atoms with Gasteiger partial charge < -0.3 is 15.4 Å². The second-order valence-electron chi connectivity index (χ2n) is 5.54. The van der Waals surface area contributed by atoms with Gasteiger partial charge in [-0.2, -0.15) is 0 Å².